The van der Waals surface area contributed by atoms with Crippen LogP contribution in [0.3, 0.4) is 0 Å². The van der Waals surface area contributed by atoms with Crippen LogP contribution in [0, 0.1) is 5.41 Å². The van der Waals surface area contributed by atoms with Gasteiger partial charge in [0.2, 0.25) is 0 Å². The quantitative estimate of drug-likeness (QED) is 0.155. The Morgan fingerprint density at radius 3 is 2.36 bits per heavy atom. The molecule has 5 aromatic rings. The Morgan fingerprint density at radius 2 is 1.52 bits per heavy atom. The van der Waals surface area contributed by atoms with Crippen LogP contribution >= 0.6 is 0 Å². The summed E-state index contributed by atoms with van der Waals surface area (Å²) in [5, 5.41) is 2.06. The number of rotatable bonds is 9. The van der Waals surface area contributed by atoms with Crippen molar-refractivity contribution in [3.63, 3.8) is 0 Å². The maximum absolute atomic E-state index is 15.0. The minimum Gasteiger partial charge on any atom is -0.302 e. The zero-order valence-corrected chi connectivity index (χ0v) is 30.6. The molecule has 6 nitrogen and oxygen atoms in total. The second-order valence-electron chi connectivity index (χ2n) is 15.2. The van der Waals surface area contributed by atoms with Crippen molar-refractivity contribution in [1.82, 2.24) is 18.8 Å². The van der Waals surface area contributed by atoms with Gasteiger partial charge in [0.25, 0.3) is 10.0 Å². The first-order valence-electron chi connectivity index (χ1n) is 18.3. The summed E-state index contributed by atoms with van der Waals surface area (Å²) in [5.74, 6) is 0. The second kappa shape index (κ2) is 14.7. The molecule has 2 aliphatic rings. The summed E-state index contributed by atoms with van der Waals surface area (Å²) < 4.78 is 31.5. The highest BCUT2D eigenvalue weighted by molar-refractivity contribution is 7.90. The topological polar surface area (TPSA) is 58.4 Å². The van der Waals surface area contributed by atoms with Gasteiger partial charge in [-0.25, -0.2) is 8.96 Å². The standard InChI is InChI=1S/C43H50N4O2S/c1-43(2,3)24-30-46-26-11-16-34(22-29-46)38-31-36-15-7-9-19-40(36)44-42(38)50(48,49)47-32-39(37-18-8-10-20-41(37)47)35-17-12-25-45(28-23-35)27-21-33-13-5-4-6-14-33/h4-10,13-15,17-20,22,31-32H,11-12,16,21,23-30H2,1-3H3. The monoisotopic (exact) mass is 686 g/mol. The molecule has 260 valence electrons. The van der Waals surface area contributed by atoms with Gasteiger partial charge in [-0.3, -0.25) is 4.90 Å². The largest absolute Gasteiger partial charge is 0.302 e. The molecule has 2 aliphatic heterocycles. The van der Waals surface area contributed by atoms with Gasteiger partial charge in [-0.05, 0) is 91.9 Å². The van der Waals surface area contributed by atoms with E-state index in [-0.39, 0.29) is 10.4 Å². The molecule has 2 aromatic heterocycles. The number of aromatic nitrogens is 2. The molecule has 0 unspecified atom stereocenters. The Hall–Kier alpha value is -4.04. The van der Waals surface area contributed by atoms with Crippen molar-refractivity contribution in [1.29, 1.82) is 0 Å². The third-order valence-electron chi connectivity index (χ3n) is 10.3. The van der Waals surface area contributed by atoms with Gasteiger partial charge in [-0.1, -0.05) is 99.7 Å². The van der Waals surface area contributed by atoms with Crippen molar-refractivity contribution < 1.29 is 8.42 Å². The van der Waals surface area contributed by atoms with Crippen LogP contribution in [0.25, 0.3) is 33.0 Å². The molecule has 0 N–H and O–H groups in total. The maximum Gasteiger partial charge on any atom is 0.286 e. The van der Waals surface area contributed by atoms with Gasteiger partial charge in [0.05, 0.1) is 11.0 Å². The summed E-state index contributed by atoms with van der Waals surface area (Å²) in [7, 11) is -4.06. The molecule has 50 heavy (non-hydrogen) atoms. The molecule has 0 saturated heterocycles. The van der Waals surface area contributed by atoms with E-state index in [1.165, 1.54) is 15.1 Å². The molecule has 0 fully saturated rings. The highest BCUT2D eigenvalue weighted by Gasteiger charge is 2.29. The molecule has 0 radical (unpaired) electrons. The summed E-state index contributed by atoms with van der Waals surface area (Å²) >= 11 is 0. The van der Waals surface area contributed by atoms with E-state index in [0.717, 1.165) is 105 Å². The van der Waals surface area contributed by atoms with Gasteiger partial charge in [0.15, 0.2) is 5.03 Å². The molecule has 0 amide bonds. The molecular formula is C43H50N4O2S. The number of pyridine rings is 1. The average Bonchev–Trinajstić information content (AvgIpc) is 3.23. The van der Waals surface area contributed by atoms with Crippen LogP contribution in [-0.4, -0.2) is 66.4 Å². The molecule has 0 saturated carbocycles. The molecular weight excluding hydrogens is 637 g/mol. The van der Waals surface area contributed by atoms with Crippen molar-refractivity contribution in [2.45, 2.75) is 64.3 Å². The van der Waals surface area contributed by atoms with E-state index >= 15 is 0 Å². The Labute approximate surface area is 298 Å². The minimum atomic E-state index is -4.06. The number of benzene rings is 3. The summed E-state index contributed by atoms with van der Waals surface area (Å²) in [4.78, 5) is 9.96. The van der Waals surface area contributed by atoms with Crippen LogP contribution in [-0.2, 0) is 16.4 Å². The predicted octanol–water partition coefficient (Wildman–Crippen LogP) is 9.06. The van der Waals surface area contributed by atoms with E-state index < -0.39 is 10.0 Å². The van der Waals surface area contributed by atoms with Crippen molar-refractivity contribution in [3.05, 3.63) is 120 Å². The van der Waals surface area contributed by atoms with E-state index in [0.29, 0.717) is 11.0 Å². The first-order chi connectivity index (χ1) is 24.2. The van der Waals surface area contributed by atoms with Crippen LogP contribution in [0.1, 0.15) is 69.6 Å². The highest BCUT2D eigenvalue weighted by atomic mass is 32.2. The third-order valence-corrected chi connectivity index (χ3v) is 12.0. The molecule has 7 rings (SSSR count). The molecule has 4 heterocycles. The predicted molar refractivity (Wildman–Crippen MR) is 208 cm³/mol. The van der Waals surface area contributed by atoms with Gasteiger partial charge < -0.3 is 4.90 Å². The lowest BCUT2D eigenvalue weighted by atomic mass is 9.92. The molecule has 7 heteroatoms. The van der Waals surface area contributed by atoms with Gasteiger partial charge in [-0.2, -0.15) is 8.42 Å². The second-order valence-corrected chi connectivity index (χ2v) is 16.9. The smallest absolute Gasteiger partial charge is 0.286 e. The van der Waals surface area contributed by atoms with E-state index in [1.807, 2.05) is 48.7 Å². The van der Waals surface area contributed by atoms with Crippen LogP contribution in [0.5, 0.6) is 0 Å². The van der Waals surface area contributed by atoms with Crippen molar-refractivity contribution >= 4 is 43.0 Å². The van der Waals surface area contributed by atoms with E-state index in [2.05, 4.69) is 85.2 Å². The Balaban J connectivity index is 1.22. The number of hydrogen-bond donors (Lipinski definition) is 0. The van der Waals surface area contributed by atoms with Crippen molar-refractivity contribution in [2.24, 2.45) is 5.41 Å². The number of para-hydroxylation sites is 2. The van der Waals surface area contributed by atoms with Gasteiger partial charge in [0.1, 0.15) is 0 Å². The van der Waals surface area contributed by atoms with Gasteiger partial charge >= 0.3 is 0 Å². The van der Waals surface area contributed by atoms with Crippen LogP contribution in [0.2, 0.25) is 0 Å². The lowest BCUT2D eigenvalue weighted by Gasteiger charge is -2.24. The van der Waals surface area contributed by atoms with E-state index in [1.54, 1.807) is 0 Å². The fourth-order valence-corrected chi connectivity index (χ4v) is 8.93. The van der Waals surface area contributed by atoms with Gasteiger partial charge in [-0.15, -0.1) is 0 Å². The summed E-state index contributed by atoms with van der Waals surface area (Å²) in [6.07, 6.45) is 12.2. The van der Waals surface area contributed by atoms with Crippen LogP contribution < -0.4 is 0 Å². The summed E-state index contributed by atoms with van der Waals surface area (Å²) in [6.45, 7) is 12.7. The van der Waals surface area contributed by atoms with Crippen molar-refractivity contribution in [3.8, 4) is 0 Å². The normalized spacial score (nSPS) is 17.0. The highest BCUT2D eigenvalue weighted by Crippen LogP contribution is 2.36. The van der Waals surface area contributed by atoms with Crippen LogP contribution in [0.15, 0.2) is 108 Å². The van der Waals surface area contributed by atoms with Crippen molar-refractivity contribution in [2.75, 3.05) is 39.3 Å². The lowest BCUT2D eigenvalue weighted by Crippen LogP contribution is -2.28. The van der Waals surface area contributed by atoms with E-state index in [9.17, 15) is 8.42 Å². The molecule has 0 atom stereocenters. The van der Waals surface area contributed by atoms with Crippen LogP contribution in [0.4, 0.5) is 0 Å². The molecule has 0 bridgehead atoms. The third kappa shape index (κ3) is 7.65. The zero-order valence-electron chi connectivity index (χ0n) is 29.8. The summed E-state index contributed by atoms with van der Waals surface area (Å²) in [6, 6.07) is 28.5. The number of nitrogens with zero attached hydrogens (tertiary/aromatic N) is 4. The molecule has 0 aliphatic carbocycles. The summed E-state index contributed by atoms with van der Waals surface area (Å²) in [5.41, 5.74) is 7.02. The fourth-order valence-electron chi connectivity index (χ4n) is 7.40. The first kappa shape index (κ1) is 34.4. The minimum absolute atomic E-state index is 0.139. The van der Waals surface area contributed by atoms with E-state index in [4.69, 9.17) is 4.98 Å². The number of allylic oxidation sites excluding steroid dienone is 1. The fraction of sp³-hybridized carbons (Fsp3) is 0.372. The SMILES string of the molecule is CC(C)(C)CCN1CC=C(c2cc3ccccc3nc2S(=O)(=O)n2cc(C3=CCCN(CCc4ccccc4)CC3)c3ccccc32)CCC1. The molecule has 0 spiro atoms. The maximum atomic E-state index is 15.0. The number of fused-ring (bicyclic) bond motifs is 2. The van der Waals surface area contributed by atoms with Gasteiger partial charge in [0, 0.05) is 54.3 Å². The number of hydrogen-bond acceptors (Lipinski definition) is 5. The average molecular weight is 687 g/mol. The Morgan fingerprint density at radius 1 is 0.760 bits per heavy atom. The first-order valence-corrected chi connectivity index (χ1v) is 19.7. The Bertz CT molecular complexity index is 2140. The zero-order chi connectivity index (χ0) is 34.7. The Kier molecular flexibility index (Phi) is 10.1. The molecule has 3 aromatic carbocycles. The lowest BCUT2D eigenvalue weighted by molar-refractivity contribution is 0.247.